The van der Waals surface area contributed by atoms with Crippen molar-refractivity contribution in [2.75, 3.05) is 19.8 Å². The third-order valence-electron chi connectivity index (χ3n) is 5.90. The number of ether oxygens (including phenoxy) is 1. The Balaban J connectivity index is 1.58. The molecule has 2 aromatic carbocycles. The minimum absolute atomic E-state index is 0.141. The van der Waals surface area contributed by atoms with Crippen LogP contribution in [0.25, 0.3) is 11.1 Å². The molecule has 38 heavy (non-hydrogen) atoms. The topological polar surface area (TPSA) is 80.9 Å². The lowest BCUT2D eigenvalue weighted by Gasteiger charge is -2.16. The van der Waals surface area contributed by atoms with Crippen LogP contribution in [-0.2, 0) is 34.7 Å². The number of benzene rings is 2. The molecule has 0 amide bonds. The van der Waals surface area contributed by atoms with Crippen molar-refractivity contribution in [2.45, 2.75) is 52.3 Å². The largest absolute Gasteiger partial charge is 0.493 e. The van der Waals surface area contributed by atoms with E-state index in [9.17, 15) is 17.7 Å². The molecular weight excluding hydrogens is 518 g/mol. The molecule has 0 aliphatic rings. The highest BCUT2D eigenvalue weighted by Gasteiger charge is 2.33. The fourth-order valence-corrected chi connectivity index (χ4v) is 4.48. The SMILES string of the molecule is CC(C)Cc1ccc(CCCOc2ccc(CNCCCO[PH](=O)O)cc2-c2ccoc2)cc1C(F)(F)F. The van der Waals surface area contributed by atoms with Crippen LogP contribution in [0.2, 0.25) is 0 Å². The van der Waals surface area contributed by atoms with Crippen LogP contribution < -0.4 is 10.1 Å². The van der Waals surface area contributed by atoms with E-state index in [1.807, 2.05) is 38.1 Å². The van der Waals surface area contributed by atoms with Crippen molar-refractivity contribution in [3.63, 3.8) is 0 Å². The fraction of sp³-hybridized carbons (Fsp3) is 0.429. The Morgan fingerprint density at radius 3 is 2.53 bits per heavy atom. The van der Waals surface area contributed by atoms with Crippen molar-refractivity contribution in [1.29, 1.82) is 0 Å². The molecule has 1 aromatic heterocycles. The Kier molecular flexibility index (Phi) is 11.5. The zero-order valence-corrected chi connectivity index (χ0v) is 22.6. The van der Waals surface area contributed by atoms with Gasteiger partial charge >= 0.3 is 14.4 Å². The predicted molar refractivity (Wildman–Crippen MR) is 141 cm³/mol. The van der Waals surface area contributed by atoms with Crippen molar-refractivity contribution in [3.05, 3.63) is 77.2 Å². The molecule has 3 rings (SSSR count). The van der Waals surface area contributed by atoms with Crippen LogP contribution in [0.15, 0.2) is 59.4 Å². The van der Waals surface area contributed by atoms with Gasteiger partial charge in [-0.1, -0.05) is 32.0 Å². The smallest absolute Gasteiger partial charge is 0.416 e. The summed E-state index contributed by atoms with van der Waals surface area (Å²) in [5, 5.41) is 3.27. The van der Waals surface area contributed by atoms with E-state index in [0.717, 1.165) is 16.7 Å². The summed E-state index contributed by atoms with van der Waals surface area (Å²) < 4.78 is 67.3. The Hall–Kier alpha value is -2.58. The van der Waals surface area contributed by atoms with Gasteiger partial charge in [0.05, 0.1) is 31.3 Å². The molecule has 0 aliphatic heterocycles. The highest BCUT2D eigenvalue weighted by molar-refractivity contribution is 7.32. The molecular formula is C28H35F3NO5P. The third-order valence-corrected chi connectivity index (χ3v) is 6.35. The molecule has 1 heterocycles. The monoisotopic (exact) mass is 553 g/mol. The summed E-state index contributed by atoms with van der Waals surface area (Å²) in [7, 11) is -2.89. The maximum absolute atomic E-state index is 13.6. The van der Waals surface area contributed by atoms with Gasteiger partial charge in [0.15, 0.2) is 0 Å². The Morgan fingerprint density at radius 2 is 1.84 bits per heavy atom. The van der Waals surface area contributed by atoms with Crippen molar-refractivity contribution in [2.24, 2.45) is 5.92 Å². The van der Waals surface area contributed by atoms with Gasteiger partial charge in [-0.2, -0.15) is 13.2 Å². The van der Waals surface area contributed by atoms with Crippen molar-refractivity contribution in [3.8, 4) is 16.9 Å². The molecule has 1 atom stereocenters. The van der Waals surface area contributed by atoms with Gasteiger partial charge in [-0.15, -0.1) is 0 Å². The minimum Gasteiger partial charge on any atom is -0.493 e. The summed E-state index contributed by atoms with van der Waals surface area (Å²) >= 11 is 0. The summed E-state index contributed by atoms with van der Waals surface area (Å²) in [5.74, 6) is 0.807. The summed E-state index contributed by atoms with van der Waals surface area (Å²) in [6, 6.07) is 12.3. The van der Waals surface area contributed by atoms with E-state index < -0.39 is 20.0 Å². The summed E-state index contributed by atoms with van der Waals surface area (Å²) in [6.07, 6.45) is 0.879. The zero-order valence-electron chi connectivity index (χ0n) is 21.6. The normalized spacial score (nSPS) is 12.7. The number of nitrogens with one attached hydrogen (secondary N) is 1. The molecule has 10 heteroatoms. The van der Waals surface area contributed by atoms with Gasteiger partial charge < -0.3 is 23.9 Å². The third kappa shape index (κ3) is 9.62. The molecule has 0 saturated carbocycles. The van der Waals surface area contributed by atoms with Crippen LogP contribution in [0, 0.1) is 5.92 Å². The van der Waals surface area contributed by atoms with Crippen LogP contribution in [0.3, 0.4) is 0 Å². The first kappa shape index (κ1) is 30.0. The average Bonchev–Trinajstić information content (AvgIpc) is 3.39. The molecule has 1 unspecified atom stereocenters. The number of halogens is 3. The predicted octanol–water partition coefficient (Wildman–Crippen LogP) is 7.05. The average molecular weight is 554 g/mol. The molecule has 3 aromatic rings. The second-order valence-electron chi connectivity index (χ2n) is 9.53. The number of furan rings is 1. The number of hydrogen-bond acceptors (Lipinski definition) is 5. The zero-order chi connectivity index (χ0) is 27.5. The Bertz CT molecular complexity index is 1170. The van der Waals surface area contributed by atoms with Gasteiger partial charge in [0.1, 0.15) is 5.75 Å². The summed E-state index contributed by atoms with van der Waals surface area (Å²) in [4.78, 5) is 8.69. The van der Waals surface area contributed by atoms with Crippen LogP contribution in [-0.4, -0.2) is 24.7 Å². The fourth-order valence-electron chi connectivity index (χ4n) is 4.16. The molecule has 2 N–H and O–H groups in total. The van der Waals surface area contributed by atoms with Gasteiger partial charge in [0.25, 0.3) is 0 Å². The van der Waals surface area contributed by atoms with Gasteiger partial charge in [0.2, 0.25) is 0 Å². The Morgan fingerprint density at radius 1 is 1.05 bits per heavy atom. The number of rotatable bonds is 15. The molecule has 0 aliphatic carbocycles. The highest BCUT2D eigenvalue weighted by Crippen LogP contribution is 2.34. The first-order valence-corrected chi connectivity index (χ1v) is 13.9. The van der Waals surface area contributed by atoms with E-state index in [0.29, 0.717) is 62.3 Å². The van der Waals surface area contributed by atoms with Crippen LogP contribution in [0.1, 0.15) is 48.9 Å². The Labute approximate surface area is 222 Å². The molecule has 208 valence electrons. The molecule has 0 fully saturated rings. The van der Waals surface area contributed by atoms with Gasteiger partial charge in [-0.25, -0.2) is 0 Å². The second-order valence-corrected chi connectivity index (χ2v) is 10.3. The van der Waals surface area contributed by atoms with Crippen molar-refractivity contribution in [1.82, 2.24) is 5.32 Å². The quantitative estimate of drug-likeness (QED) is 0.155. The second kappa shape index (κ2) is 14.5. The highest BCUT2D eigenvalue weighted by atomic mass is 31.1. The molecule has 6 nitrogen and oxygen atoms in total. The van der Waals surface area contributed by atoms with Crippen LogP contribution >= 0.6 is 8.25 Å². The lowest BCUT2D eigenvalue weighted by molar-refractivity contribution is -0.138. The van der Waals surface area contributed by atoms with Crippen LogP contribution in [0.5, 0.6) is 5.75 Å². The number of hydrogen-bond donors (Lipinski definition) is 2. The summed E-state index contributed by atoms with van der Waals surface area (Å²) in [5.41, 5.74) is 3.17. The van der Waals surface area contributed by atoms with E-state index in [4.69, 9.17) is 14.0 Å². The van der Waals surface area contributed by atoms with Gasteiger partial charge in [0, 0.05) is 17.7 Å². The first-order valence-electron chi connectivity index (χ1n) is 12.7. The molecule has 0 bridgehead atoms. The molecule has 0 spiro atoms. The lowest BCUT2D eigenvalue weighted by atomic mass is 9.95. The van der Waals surface area contributed by atoms with E-state index in [1.54, 1.807) is 24.7 Å². The van der Waals surface area contributed by atoms with Gasteiger partial charge in [-0.05, 0) is 79.1 Å². The maximum atomic E-state index is 13.6. The van der Waals surface area contributed by atoms with Crippen molar-refractivity contribution >= 4 is 8.25 Å². The lowest BCUT2D eigenvalue weighted by Crippen LogP contribution is -2.16. The first-order chi connectivity index (χ1) is 18.1. The van der Waals surface area contributed by atoms with Crippen LogP contribution in [0.4, 0.5) is 13.2 Å². The minimum atomic E-state index is -4.37. The van der Waals surface area contributed by atoms with Gasteiger partial charge in [-0.3, -0.25) is 4.57 Å². The number of aryl methyl sites for hydroxylation is 1. The summed E-state index contributed by atoms with van der Waals surface area (Å²) in [6.45, 7) is 5.61. The van der Waals surface area contributed by atoms with E-state index in [-0.39, 0.29) is 12.5 Å². The molecule has 0 radical (unpaired) electrons. The standard InChI is InChI=1S/C28H35F3NO5P/c1-20(2)15-23-8-6-21(17-26(23)28(29,30)31)5-3-12-36-27-9-7-22(16-25(27)24-10-14-35-19-24)18-32-11-4-13-37-38(33)34/h6-10,14,16-17,19-20,32,38H,3-5,11-13,15,18H2,1-2H3,(H,33,34). The van der Waals surface area contributed by atoms with E-state index in [1.165, 1.54) is 6.07 Å². The molecule has 0 saturated heterocycles. The number of alkyl halides is 3. The maximum Gasteiger partial charge on any atom is 0.416 e. The van der Waals surface area contributed by atoms with E-state index in [2.05, 4.69) is 9.84 Å². The van der Waals surface area contributed by atoms with E-state index >= 15 is 0 Å². The van der Waals surface area contributed by atoms with Crippen molar-refractivity contribution < 1.29 is 36.3 Å².